The summed E-state index contributed by atoms with van der Waals surface area (Å²) >= 11 is 12.4. The maximum atomic E-state index is 13.2. The summed E-state index contributed by atoms with van der Waals surface area (Å²) in [6.45, 7) is 4.52. The molecule has 0 saturated carbocycles. The molecule has 2 aliphatic rings. The number of halogens is 2. The monoisotopic (exact) mass is 462 g/mol. The molecule has 31 heavy (non-hydrogen) atoms. The van der Waals surface area contributed by atoms with Crippen molar-refractivity contribution < 1.29 is 4.74 Å². The van der Waals surface area contributed by atoms with Crippen LogP contribution in [0, 0.1) is 5.41 Å². The number of fused-ring (bicyclic) bond motifs is 1. The fraction of sp³-hybridized carbons (Fsp3) is 0.476. The zero-order chi connectivity index (χ0) is 21.8. The van der Waals surface area contributed by atoms with Crippen LogP contribution in [-0.4, -0.2) is 45.5 Å². The van der Waals surface area contributed by atoms with Crippen LogP contribution in [0.2, 0.25) is 10.0 Å². The fourth-order valence-corrected chi connectivity index (χ4v) is 5.09. The first-order valence-corrected chi connectivity index (χ1v) is 11.2. The van der Waals surface area contributed by atoms with Gasteiger partial charge in [0.2, 0.25) is 5.65 Å². The van der Waals surface area contributed by atoms with Crippen LogP contribution in [0.1, 0.15) is 26.2 Å². The van der Waals surface area contributed by atoms with E-state index in [1.54, 1.807) is 29.8 Å². The number of anilines is 3. The Kier molecular flexibility index (Phi) is 5.11. The number of nitrogens with one attached hydrogen (secondary N) is 2. The summed E-state index contributed by atoms with van der Waals surface area (Å²) in [5.41, 5.74) is 1.75. The van der Waals surface area contributed by atoms with Crippen LogP contribution in [0.4, 0.5) is 17.3 Å². The number of piperidine rings is 1. The number of aromatic nitrogens is 4. The number of ether oxygens (including phenoxy) is 1. The second-order valence-electron chi connectivity index (χ2n) is 8.61. The lowest BCUT2D eigenvalue weighted by Gasteiger charge is -2.38. The molecule has 5 rings (SSSR count). The zero-order valence-electron chi connectivity index (χ0n) is 17.4. The zero-order valence-corrected chi connectivity index (χ0v) is 18.9. The van der Waals surface area contributed by atoms with Crippen molar-refractivity contribution in [1.82, 2.24) is 19.7 Å². The van der Waals surface area contributed by atoms with Gasteiger partial charge in [0.1, 0.15) is 5.52 Å². The summed E-state index contributed by atoms with van der Waals surface area (Å²) < 4.78 is 7.39. The van der Waals surface area contributed by atoms with Crippen molar-refractivity contribution >= 4 is 51.7 Å². The summed E-state index contributed by atoms with van der Waals surface area (Å²) in [4.78, 5) is 19.9. The van der Waals surface area contributed by atoms with Gasteiger partial charge in [0.25, 0.3) is 5.56 Å². The van der Waals surface area contributed by atoms with Gasteiger partial charge in [-0.25, -0.2) is 4.98 Å². The van der Waals surface area contributed by atoms with Gasteiger partial charge in [-0.15, -0.1) is 0 Å². The smallest absolute Gasteiger partial charge is 0.293 e. The fourth-order valence-electron chi connectivity index (χ4n) is 4.74. The highest BCUT2D eigenvalue weighted by Crippen LogP contribution is 2.42. The number of aromatic amines is 1. The van der Waals surface area contributed by atoms with E-state index < -0.39 is 0 Å². The van der Waals surface area contributed by atoms with E-state index in [1.165, 1.54) is 0 Å². The molecule has 2 N–H and O–H groups in total. The molecule has 8 nitrogen and oxygen atoms in total. The van der Waals surface area contributed by atoms with Crippen molar-refractivity contribution in [3.63, 3.8) is 0 Å². The lowest BCUT2D eigenvalue weighted by Crippen LogP contribution is -2.43. The van der Waals surface area contributed by atoms with Crippen LogP contribution in [-0.2, 0) is 11.8 Å². The molecule has 1 spiro atoms. The van der Waals surface area contributed by atoms with Gasteiger partial charge in [0.05, 0.1) is 28.4 Å². The van der Waals surface area contributed by atoms with Crippen molar-refractivity contribution in [1.29, 1.82) is 0 Å². The molecular weight excluding hydrogens is 439 g/mol. The largest absolute Gasteiger partial charge is 0.378 e. The number of hydrogen-bond acceptors (Lipinski definition) is 6. The van der Waals surface area contributed by atoms with Gasteiger partial charge >= 0.3 is 0 Å². The van der Waals surface area contributed by atoms with Crippen molar-refractivity contribution in [2.45, 2.75) is 32.3 Å². The van der Waals surface area contributed by atoms with E-state index in [0.717, 1.165) is 39.0 Å². The maximum Gasteiger partial charge on any atom is 0.293 e. The normalized spacial score (nSPS) is 20.6. The third-order valence-corrected chi connectivity index (χ3v) is 7.31. The number of nitrogens with zero attached hydrogens (tertiary/aromatic N) is 4. The van der Waals surface area contributed by atoms with E-state index in [4.69, 9.17) is 27.9 Å². The van der Waals surface area contributed by atoms with Crippen LogP contribution in [0.15, 0.2) is 23.0 Å². The maximum absolute atomic E-state index is 13.2. The van der Waals surface area contributed by atoms with Gasteiger partial charge in [-0.3, -0.25) is 9.89 Å². The molecule has 164 valence electrons. The van der Waals surface area contributed by atoms with E-state index >= 15 is 0 Å². The van der Waals surface area contributed by atoms with Crippen molar-refractivity contribution in [3.05, 3.63) is 38.6 Å². The van der Waals surface area contributed by atoms with Gasteiger partial charge in [-0.2, -0.15) is 5.10 Å². The molecule has 0 amide bonds. The minimum Gasteiger partial charge on any atom is -0.378 e. The van der Waals surface area contributed by atoms with Crippen LogP contribution in [0.25, 0.3) is 11.2 Å². The third-order valence-electron chi connectivity index (χ3n) is 6.49. The first kappa shape index (κ1) is 20.6. The van der Waals surface area contributed by atoms with Crippen molar-refractivity contribution in [2.75, 3.05) is 29.9 Å². The van der Waals surface area contributed by atoms with E-state index in [-0.39, 0.29) is 11.0 Å². The van der Waals surface area contributed by atoms with E-state index in [0.29, 0.717) is 44.6 Å². The minimum atomic E-state index is -0.152. The second-order valence-corrected chi connectivity index (χ2v) is 9.39. The van der Waals surface area contributed by atoms with Crippen LogP contribution >= 0.6 is 23.2 Å². The average molecular weight is 463 g/mol. The molecule has 0 radical (unpaired) electrons. The van der Waals surface area contributed by atoms with Crippen LogP contribution in [0.5, 0.6) is 0 Å². The Labute approximate surface area is 189 Å². The molecule has 2 aromatic heterocycles. The first-order chi connectivity index (χ1) is 14.9. The topological polar surface area (TPSA) is 88.1 Å². The van der Waals surface area contributed by atoms with E-state index in [2.05, 4.69) is 32.3 Å². The summed E-state index contributed by atoms with van der Waals surface area (Å²) in [6.07, 6.45) is 3.41. The van der Waals surface area contributed by atoms with E-state index in [9.17, 15) is 4.79 Å². The van der Waals surface area contributed by atoms with E-state index in [1.807, 2.05) is 0 Å². The molecule has 3 aromatic rings. The molecular formula is C21H24Cl2N6O2. The summed E-state index contributed by atoms with van der Waals surface area (Å²) in [7, 11) is 1.73. The third kappa shape index (κ3) is 3.56. The number of benzene rings is 1. The molecule has 4 heterocycles. The molecule has 2 fully saturated rings. The Morgan fingerprint density at radius 3 is 2.77 bits per heavy atom. The second kappa shape index (κ2) is 7.69. The Morgan fingerprint density at radius 2 is 2.06 bits per heavy atom. The van der Waals surface area contributed by atoms with Gasteiger partial charge in [0, 0.05) is 20.1 Å². The molecule has 2 saturated heterocycles. The highest BCUT2D eigenvalue weighted by atomic mass is 35.5. The van der Waals surface area contributed by atoms with Crippen LogP contribution < -0.4 is 15.8 Å². The SMILES string of the molecule is C[C@H]1CC2(CCN(c3nc4n[nH]c(Nc5cccc(Cl)c5Cl)c4n(C)c3=O)CC2)CO1. The Balaban J connectivity index is 1.44. The van der Waals surface area contributed by atoms with Gasteiger partial charge in [0.15, 0.2) is 11.6 Å². The first-order valence-electron chi connectivity index (χ1n) is 10.4. The van der Waals surface area contributed by atoms with Crippen molar-refractivity contribution in [3.8, 4) is 0 Å². The van der Waals surface area contributed by atoms with Crippen LogP contribution in [0.3, 0.4) is 0 Å². The average Bonchev–Trinajstić information content (AvgIpc) is 3.32. The highest BCUT2D eigenvalue weighted by Gasteiger charge is 2.41. The quantitative estimate of drug-likeness (QED) is 0.608. The summed E-state index contributed by atoms with van der Waals surface area (Å²) in [5.74, 6) is 0.975. The molecule has 10 heteroatoms. The number of H-pyrrole nitrogens is 1. The van der Waals surface area contributed by atoms with Gasteiger partial charge in [-0.1, -0.05) is 29.3 Å². The molecule has 1 aromatic carbocycles. The molecule has 0 aliphatic carbocycles. The van der Waals surface area contributed by atoms with Gasteiger partial charge < -0.3 is 19.5 Å². The Morgan fingerprint density at radius 1 is 1.29 bits per heavy atom. The Bertz CT molecular complexity index is 1200. The van der Waals surface area contributed by atoms with Gasteiger partial charge in [-0.05, 0) is 43.7 Å². The van der Waals surface area contributed by atoms with Crippen molar-refractivity contribution in [2.24, 2.45) is 12.5 Å². The number of aryl methyl sites for hydroxylation is 1. The summed E-state index contributed by atoms with van der Waals surface area (Å²) in [5, 5.41) is 11.3. The predicted octanol–water partition coefficient (Wildman–Crippen LogP) is 4.10. The number of hydrogen-bond donors (Lipinski definition) is 2. The molecule has 1 atom stereocenters. The lowest BCUT2D eigenvalue weighted by atomic mass is 9.77. The summed E-state index contributed by atoms with van der Waals surface area (Å²) in [6, 6.07) is 5.31. The highest BCUT2D eigenvalue weighted by molar-refractivity contribution is 6.43. The predicted molar refractivity (Wildman–Crippen MR) is 123 cm³/mol. The molecule has 0 bridgehead atoms. The lowest BCUT2D eigenvalue weighted by molar-refractivity contribution is 0.0975. The Hall–Kier alpha value is -2.29. The number of rotatable bonds is 3. The molecule has 2 aliphatic heterocycles. The minimum absolute atomic E-state index is 0.152. The molecule has 0 unspecified atom stereocenters. The standard InChI is InChI=1S/C21H24Cl2N6O2/c1-12-10-21(11-31-12)6-8-29(9-7-21)19-20(30)28(2)16-17(26-27-18(16)25-19)24-14-5-3-4-13(22)15(14)23/h3-5,12H,6-11H2,1-2H3,(H2,24,26,27)/t12-/m0/s1.